The van der Waals surface area contributed by atoms with Gasteiger partial charge < -0.3 is 19.8 Å². The molecule has 0 unspecified atom stereocenters. The van der Waals surface area contributed by atoms with Crippen molar-refractivity contribution in [1.82, 2.24) is 0 Å². The molecule has 0 radical (unpaired) electrons. The Morgan fingerprint density at radius 1 is 0.519 bits per heavy atom. The fourth-order valence-corrected chi connectivity index (χ4v) is 8.72. The van der Waals surface area contributed by atoms with Crippen molar-refractivity contribution in [2.24, 2.45) is 46.3 Å². The van der Waals surface area contributed by atoms with Crippen molar-refractivity contribution >= 4 is 57.4 Å². The first-order valence-corrected chi connectivity index (χ1v) is 10.8. The Bertz CT molecular complexity index is 503. The van der Waals surface area contributed by atoms with Crippen LogP contribution in [0.5, 0.6) is 0 Å². The monoisotopic (exact) mass is 446 g/mol. The van der Waals surface area contributed by atoms with Crippen molar-refractivity contribution in [1.29, 1.82) is 0 Å². The summed E-state index contributed by atoms with van der Waals surface area (Å²) in [5.74, 6) is 2.76. The van der Waals surface area contributed by atoms with Gasteiger partial charge in [-0.3, -0.25) is 0 Å². The molecule has 8 rings (SSSR count). The van der Waals surface area contributed by atoms with Crippen molar-refractivity contribution in [3.8, 4) is 0 Å². The Morgan fingerprint density at radius 2 is 0.704 bits per heavy atom. The summed E-state index contributed by atoms with van der Waals surface area (Å²) in [5, 5.41) is 22.3. The normalized spacial score (nSPS) is 50.5. The van der Waals surface area contributed by atoms with E-state index in [-0.39, 0.29) is 45.5 Å². The second-order valence-corrected chi connectivity index (χ2v) is 11.0. The summed E-state index contributed by atoms with van der Waals surface area (Å²) in [6.45, 7) is 0. The standard InChI is InChI=1S/2C11H16O2.Sr/c2*12-10(13)11-4-7-1-8(5-11)3-9(2-7)6-11;/h2*7-9H,1-6H2,(H,12,13);/q;;+2/p-2. The molecule has 0 heterocycles. The predicted molar refractivity (Wildman–Crippen MR) is 97.0 cm³/mol. The first-order valence-electron chi connectivity index (χ1n) is 10.8. The molecule has 0 N–H and O–H groups in total. The van der Waals surface area contributed by atoms with Crippen LogP contribution in [-0.4, -0.2) is 57.4 Å². The van der Waals surface area contributed by atoms with Gasteiger partial charge in [0.1, 0.15) is 0 Å². The number of rotatable bonds is 2. The summed E-state index contributed by atoms with van der Waals surface area (Å²) in [5.41, 5.74) is -0.788. The van der Waals surface area contributed by atoms with E-state index < -0.39 is 22.8 Å². The van der Waals surface area contributed by atoms with Gasteiger partial charge in [-0.1, -0.05) is 0 Å². The largest absolute Gasteiger partial charge is 2.00 e. The summed E-state index contributed by atoms with van der Waals surface area (Å²) < 4.78 is 0. The van der Waals surface area contributed by atoms with E-state index in [2.05, 4.69) is 0 Å². The second kappa shape index (κ2) is 7.28. The fourth-order valence-electron chi connectivity index (χ4n) is 8.72. The topological polar surface area (TPSA) is 80.3 Å². The van der Waals surface area contributed by atoms with E-state index in [1.54, 1.807) is 0 Å². The molecule has 5 heteroatoms. The quantitative estimate of drug-likeness (QED) is 0.603. The Labute approximate surface area is 199 Å². The number of aliphatic carboxylic acids is 2. The Morgan fingerprint density at radius 3 is 0.852 bits per heavy atom. The molecule has 0 aromatic heterocycles. The molecule has 0 amide bonds. The van der Waals surface area contributed by atoms with Crippen LogP contribution in [-0.2, 0) is 9.59 Å². The SMILES string of the molecule is O=C([O-])C12CC3CC(CC(C3)C1)C2.O=C([O-])C12CC3CC(CC(C3)C1)C2.[Sr+2]. The average molecular weight is 446 g/mol. The van der Waals surface area contributed by atoms with E-state index in [9.17, 15) is 19.8 Å². The van der Waals surface area contributed by atoms with Crippen LogP contribution < -0.4 is 10.2 Å². The van der Waals surface area contributed by atoms with E-state index in [0.717, 1.165) is 38.5 Å². The zero-order valence-electron chi connectivity index (χ0n) is 16.3. The molecule has 0 aliphatic heterocycles. The second-order valence-electron chi connectivity index (χ2n) is 11.0. The molecule has 144 valence electrons. The Hall–Kier alpha value is 0.421. The van der Waals surface area contributed by atoms with E-state index in [0.29, 0.717) is 35.5 Å². The van der Waals surface area contributed by atoms with Gasteiger partial charge >= 0.3 is 45.5 Å². The molecule has 4 nitrogen and oxygen atoms in total. The third kappa shape index (κ3) is 3.57. The first kappa shape index (κ1) is 20.7. The molecule has 0 saturated heterocycles. The number of carboxylic acid groups (broad SMARTS) is 2. The molecule has 0 spiro atoms. The number of carboxylic acids is 2. The number of carbonyl (C=O) groups is 2. The van der Waals surface area contributed by atoms with E-state index in [1.165, 1.54) is 38.5 Å². The maximum Gasteiger partial charge on any atom is 2.00 e. The van der Waals surface area contributed by atoms with Gasteiger partial charge in [0.15, 0.2) is 0 Å². The molecule has 8 saturated carbocycles. The third-order valence-electron chi connectivity index (χ3n) is 8.94. The van der Waals surface area contributed by atoms with Crippen LogP contribution in [0.15, 0.2) is 0 Å². The Balaban J connectivity index is 0.000000129. The van der Waals surface area contributed by atoms with Crippen LogP contribution in [0.25, 0.3) is 0 Å². The zero-order chi connectivity index (χ0) is 18.1. The zero-order valence-corrected chi connectivity index (χ0v) is 19.8. The number of hydrogen-bond donors (Lipinski definition) is 0. The summed E-state index contributed by atoms with van der Waals surface area (Å²) in [6, 6.07) is 0. The molecule has 0 aromatic rings. The van der Waals surface area contributed by atoms with Gasteiger partial charge in [-0.15, -0.1) is 0 Å². The predicted octanol–water partition coefficient (Wildman–Crippen LogP) is 1.52. The molecule has 0 aromatic carbocycles. The molecule has 8 fully saturated rings. The van der Waals surface area contributed by atoms with Gasteiger partial charge in [0, 0.05) is 22.8 Å². The van der Waals surface area contributed by atoms with Gasteiger partial charge in [0.05, 0.1) is 0 Å². The minimum Gasteiger partial charge on any atom is -0.550 e. The maximum atomic E-state index is 11.1. The smallest absolute Gasteiger partial charge is 0.550 e. The van der Waals surface area contributed by atoms with Gasteiger partial charge in [-0.25, -0.2) is 0 Å². The summed E-state index contributed by atoms with van der Waals surface area (Å²) in [4.78, 5) is 22.3. The number of hydrogen-bond acceptors (Lipinski definition) is 4. The van der Waals surface area contributed by atoms with Gasteiger partial charge in [-0.05, 0) is 113 Å². The van der Waals surface area contributed by atoms with Crippen LogP contribution in [0.3, 0.4) is 0 Å². The minimum atomic E-state index is -0.758. The van der Waals surface area contributed by atoms with Crippen molar-refractivity contribution in [2.75, 3.05) is 0 Å². The molecular formula is C22H30O4Sr. The van der Waals surface area contributed by atoms with Crippen LogP contribution in [0.2, 0.25) is 0 Å². The van der Waals surface area contributed by atoms with Gasteiger partial charge in [-0.2, -0.15) is 0 Å². The van der Waals surface area contributed by atoms with Crippen LogP contribution in [0, 0.1) is 46.3 Å². The Kier molecular flexibility index (Phi) is 5.58. The summed E-state index contributed by atoms with van der Waals surface area (Å²) >= 11 is 0. The number of carbonyl (C=O) groups excluding carboxylic acids is 2. The molecule has 8 bridgehead atoms. The summed E-state index contributed by atoms with van der Waals surface area (Å²) in [6.07, 6.45) is 13.3. The first-order chi connectivity index (χ1) is 12.4. The van der Waals surface area contributed by atoms with Crippen molar-refractivity contribution < 1.29 is 19.8 Å². The molecule has 0 atom stereocenters. The average Bonchev–Trinajstić information content (AvgIpc) is 2.52. The van der Waals surface area contributed by atoms with Crippen molar-refractivity contribution in [2.45, 2.75) is 77.0 Å². The van der Waals surface area contributed by atoms with Gasteiger partial charge in [0.25, 0.3) is 0 Å². The van der Waals surface area contributed by atoms with Crippen molar-refractivity contribution in [3.05, 3.63) is 0 Å². The third-order valence-corrected chi connectivity index (χ3v) is 8.94. The molecular weight excluding hydrogens is 416 g/mol. The molecule has 8 aliphatic carbocycles. The summed E-state index contributed by atoms with van der Waals surface area (Å²) in [7, 11) is 0. The van der Waals surface area contributed by atoms with Crippen LogP contribution in [0.1, 0.15) is 77.0 Å². The van der Waals surface area contributed by atoms with Crippen molar-refractivity contribution in [3.63, 3.8) is 0 Å². The van der Waals surface area contributed by atoms with E-state index >= 15 is 0 Å². The van der Waals surface area contributed by atoms with E-state index in [4.69, 9.17) is 0 Å². The molecule has 27 heavy (non-hydrogen) atoms. The van der Waals surface area contributed by atoms with E-state index in [1.807, 2.05) is 0 Å². The fraction of sp³-hybridized carbons (Fsp3) is 0.909. The molecule has 8 aliphatic rings. The minimum absolute atomic E-state index is 0. The maximum absolute atomic E-state index is 11.1. The van der Waals surface area contributed by atoms with Gasteiger partial charge in [0.2, 0.25) is 0 Å². The van der Waals surface area contributed by atoms with Crippen LogP contribution >= 0.6 is 0 Å². The van der Waals surface area contributed by atoms with Crippen LogP contribution in [0.4, 0.5) is 0 Å².